The van der Waals surface area contributed by atoms with Gasteiger partial charge in [0.1, 0.15) is 22.3 Å². The van der Waals surface area contributed by atoms with Gasteiger partial charge in [0.2, 0.25) is 0 Å². The third-order valence-electron chi connectivity index (χ3n) is 5.53. The lowest BCUT2D eigenvalue weighted by molar-refractivity contribution is 0.243. The minimum atomic E-state index is -0.0249. The topological polar surface area (TPSA) is 78.0 Å². The van der Waals surface area contributed by atoms with Gasteiger partial charge in [-0.2, -0.15) is 0 Å². The first-order valence-corrected chi connectivity index (χ1v) is 10.9. The van der Waals surface area contributed by atoms with Crippen LogP contribution in [-0.2, 0) is 6.54 Å². The molecule has 0 unspecified atom stereocenters. The molecule has 7 nitrogen and oxygen atoms in total. The molecular weight excluding hydrogens is 384 g/mol. The van der Waals surface area contributed by atoms with E-state index in [9.17, 15) is 4.79 Å². The Balaban J connectivity index is 1.46. The van der Waals surface area contributed by atoms with E-state index < -0.39 is 0 Å². The van der Waals surface area contributed by atoms with Gasteiger partial charge in [0.15, 0.2) is 0 Å². The lowest BCUT2D eigenvalue weighted by Crippen LogP contribution is -2.46. The molecule has 3 aromatic rings. The van der Waals surface area contributed by atoms with Crippen molar-refractivity contribution in [1.29, 1.82) is 0 Å². The van der Waals surface area contributed by atoms with Gasteiger partial charge in [0.05, 0.1) is 11.9 Å². The van der Waals surface area contributed by atoms with E-state index in [4.69, 9.17) is 9.97 Å². The van der Waals surface area contributed by atoms with Crippen LogP contribution in [0.25, 0.3) is 10.2 Å². The fourth-order valence-corrected chi connectivity index (χ4v) is 4.76. The summed E-state index contributed by atoms with van der Waals surface area (Å²) in [6.07, 6.45) is 0. The van der Waals surface area contributed by atoms with Gasteiger partial charge in [0.25, 0.3) is 5.56 Å². The Morgan fingerprint density at radius 2 is 1.83 bits per heavy atom. The van der Waals surface area contributed by atoms with Crippen LogP contribution in [0, 0.1) is 20.8 Å². The predicted octanol–water partition coefficient (Wildman–Crippen LogP) is 3.15. The Morgan fingerprint density at radius 1 is 1.10 bits per heavy atom. The van der Waals surface area contributed by atoms with Crippen LogP contribution < -0.4 is 10.5 Å². The molecule has 29 heavy (non-hydrogen) atoms. The molecule has 1 aliphatic heterocycles. The van der Waals surface area contributed by atoms with Crippen LogP contribution in [-0.4, -0.2) is 51.0 Å². The highest BCUT2D eigenvalue weighted by molar-refractivity contribution is 7.18. The quantitative estimate of drug-likeness (QED) is 0.709. The minimum absolute atomic E-state index is 0.0249. The number of rotatable bonds is 4. The van der Waals surface area contributed by atoms with Gasteiger partial charge in [-0.15, -0.1) is 11.3 Å². The van der Waals surface area contributed by atoms with Crippen LogP contribution in [0.2, 0.25) is 0 Å². The van der Waals surface area contributed by atoms with Gasteiger partial charge < -0.3 is 9.88 Å². The number of aromatic amines is 1. The molecule has 3 aromatic heterocycles. The van der Waals surface area contributed by atoms with Crippen LogP contribution >= 0.6 is 11.3 Å². The maximum atomic E-state index is 12.5. The number of aromatic nitrogens is 4. The van der Waals surface area contributed by atoms with E-state index in [0.717, 1.165) is 70.0 Å². The summed E-state index contributed by atoms with van der Waals surface area (Å²) in [6, 6.07) is 2.07. The van der Waals surface area contributed by atoms with Crippen LogP contribution in [0.1, 0.15) is 47.5 Å². The second kappa shape index (κ2) is 7.84. The van der Waals surface area contributed by atoms with E-state index in [1.807, 2.05) is 20.8 Å². The van der Waals surface area contributed by atoms with Gasteiger partial charge >= 0.3 is 0 Å². The average Bonchev–Trinajstić information content (AvgIpc) is 2.96. The molecule has 0 saturated carbocycles. The van der Waals surface area contributed by atoms with Gasteiger partial charge in [-0.05, 0) is 26.3 Å². The number of hydrogen-bond donors (Lipinski definition) is 1. The zero-order valence-corrected chi connectivity index (χ0v) is 18.6. The number of hydrogen-bond acceptors (Lipinski definition) is 7. The average molecular weight is 413 g/mol. The first kappa shape index (κ1) is 20.0. The zero-order chi connectivity index (χ0) is 20.7. The zero-order valence-electron chi connectivity index (χ0n) is 17.7. The molecule has 4 heterocycles. The predicted molar refractivity (Wildman–Crippen MR) is 118 cm³/mol. The Morgan fingerprint density at radius 3 is 2.52 bits per heavy atom. The largest absolute Gasteiger partial charge is 0.354 e. The number of anilines is 1. The fraction of sp³-hybridized carbons (Fsp3) is 0.524. The first-order valence-electron chi connectivity index (χ1n) is 10.1. The molecule has 0 aliphatic carbocycles. The summed E-state index contributed by atoms with van der Waals surface area (Å²) in [6.45, 7) is 14.6. The maximum absolute atomic E-state index is 12.5. The second-order valence-electron chi connectivity index (χ2n) is 8.12. The molecule has 1 N–H and O–H groups in total. The smallest absolute Gasteiger partial charge is 0.259 e. The van der Waals surface area contributed by atoms with Crippen LogP contribution in [0.5, 0.6) is 0 Å². The molecule has 0 atom stereocenters. The second-order valence-corrected chi connectivity index (χ2v) is 9.32. The molecule has 4 rings (SSSR count). The van der Waals surface area contributed by atoms with Crippen molar-refractivity contribution in [3.63, 3.8) is 0 Å². The normalized spacial score (nSPS) is 15.6. The monoisotopic (exact) mass is 412 g/mol. The third-order valence-corrected chi connectivity index (χ3v) is 6.63. The molecule has 1 aliphatic rings. The molecule has 0 radical (unpaired) electrons. The minimum Gasteiger partial charge on any atom is -0.354 e. The maximum Gasteiger partial charge on any atom is 0.259 e. The standard InChI is InChI=1S/C21H28N6OS/c1-12(2)19-22-13(3)10-17(25-19)27-8-6-26(7-9-27)11-16-23-20(28)18-14(4)15(5)29-21(18)24-16/h10,12H,6-9,11H2,1-5H3,(H,23,24,28). The first-order chi connectivity index (χ1) is 13.8. The summed E-state index contributed by atoms with van der Waals surface area (Å²) < 4.78 is 0. The highest BCUT2D eigenvalue weighted by atomic mass is 32.1. The Bertz CT molecular complexity index is 1090. The van der Waals surface area contributed by atoms with Gasteiger partial charge in [0, 0.05) is 48.7 Å². The van der Waals surface area contributed by atoms with E-state index >= 15 is 0 Å². The van der Waals surface area contributed by atoms with Crippen LogP contribution in [0.15, 0.2) is 10.9 Å². The number of fused-ring (bicyclic) bond motifs is 1. The molecule has 154 valence electrons. The summed E-state index contributed by atoms with van der Waals surface area (Å²) in [5.74, 6) is 2.98. The van der Waals surface area contributed by atoms with Gasteiger partial charge in [-0.1, -0.05) is 13.8 Å². The number of nitrogens with one attached hydrogen (secondary N) is 1. The lowest BCUT2D eigenvalue weighted by Gasteiger charge is -2.35. The summed E-state index contributed by atoms with van der Waals surface area (Å²) in [7, 11) is 0. The van der Waals surface area contributed by atoms with E-state index in [2.05, 4.69) is 39.7 Å². The van der Waals surface area contributed by atoms with Crippen molar-refractivity contribution in [1.82, 2.24) is 24.8 Å². The number of H-pyrrole nitrogens is 1. The molecule has 0 bridgehead atoms. The third kappa shape index (κ3) is 4.04. The van der Waals surface area contributed by atoms with Crippen molar-refractivity contribution < 1.29 is 0 Å². The van der Waals surface area contributed by atoms with Gasteiger partial charge in [-0.25, -0.2) is 15.0 Å². The Kier molecular flexibility index (Phi) is 5.40. The fourth-order valence-electron chi connectivity index (χ4n) is 3.72. The summed E-state index contributed by atoms with van der Waals surface area (Å²) in [4.78, 5) is 36.2. The van der Waals surface area contributed by atoms with Crippen LogP contribution in [0.4, 0.5) is 5.82 Å². The van der Waals surface area contributed by atoms with E-state index in [1.54, 1.807) is 11.3 Å². The van der Waals surface area contributed by atoms with Crippen molar-refractivity contribution in [2.45, 2.75) is 47.1 Å². The van der Waals surface area contributed by atoms with E-state index in [1.165, 1.54) is 0 Å². The molecule has 0 aromatic carbocycles. The van der Waals surface area contributed by atoms with Gasteiger partial charge in [-0.3, -0.25) is 9.69 Å². The molecule has 1 saturated heterocycles. The summed E-state index contributed by atoms with van der Waals surface area (Å²) >= 11 is 1.60. The van der Waals surface area contributed by atoms with Crippen molar-refractivity contribution in [2.24, 2.45) is 0 Å². The lowest BCUT2D eigenvalue weighted by atomic mass is 10.2. The number of aryl methyl sites for hydroxylation is 3. The van der Waals surface area contributed by atoms with Crippen LogP contribution in [0.3, 0.4) is 0 Å². The summed E-state index contributed by atoms with van der Waals surface area (Å²) in [5, 5.41) is 0.737. The molecular formula is C21H28N6OS. The van der Waals surface area contributed by atoms with Crippen molar-refractivity contribution in [2.75, 3.05) is 31.1 Å². The summed E-state index contributed by atoms with van der Waals surface area (Å²) in [5.41, 5.74) is 2.03. The van der Waals surface area contributed by atoms with Crippen molar-refractivity contribution in [3.05, 3.63) is 44.2 Å². The van der Waals surface area contributed by atoms with Crippen molar-refractivity contribution >= 4 is 27.4 Å². The number of piperazine rings is 1. The molecule has 8 heteroatoms. The highest BCUT2D eigenvalue weighted by Crippen LogP contribution is 2.26. The number of thiophene rings is 1. The van der Waals surface area contributed by atoms with Crippen molar-refractivity contribution in [3.8, 4) is 0 Å². The Labute approximate surface area is 174 Å². The molecule has 1 fully saturated rings. The van der Waals surface area contributed by atoms with E-state index in [0.29, 0.717) is 12.5 Å². The SMILES string of the molecule is Cc1cc(N2CCN(Cc3nc4sc(C)c(C)c4c(=O)[nH]3)CC2)nc(C(C)C)n1. The highest BCUT2D eigenvalue weighted by Gasteiger charge is 2.21. The molecule has 0 spiro atoms. The van der Waals surface area contributed by atoms with E-state index in [-0.39, 0.29) is 5.56 Å². The Hall–Kier alpha value is -2.32. The molecule has 0 amide bonds. The number of nitrogens with zero attached hydrogens (tertiary/aromatic N) is 5.